The zero-order valence-corrected chi connectivity index (χ0v) is 11.3. The summed E-state index contributed by atoms with van der Waals surface area (Å²) in [5, 5.41) is 2.77. The predicted octanol–water partition coefficient (Wildman–Crippen LogP) is 2.54. The third-order valence-corrected chi connectivity index (χ3v) is 2.76. The average molecular weight is 272 g/mol. The van der Waals surface area contributed by atoms with E-state index in [9.17, 15) is 4.79 Å². The molecule has 0 heterocycles. The maximum absolute atomic E-state index is 12.2. The number of amides is 1. The summed E-state index contributed by atoms with van der Waals surface area (Å²) >= 11 is 0. The van der Waals surface area contributed by atoms with Gasteiger partial charge in [-0.15, -0.1) is 0 Å². The van der Waals surface area contributed by atoms with Gasteiger partial charge in [0.25, 0.3) is 5.91 Å². The molecule has 5 heteroatoms. The number of methoxy groups -OCH3 is 2. The highest BCUT2D eigenvalue weighted by Gasteiger charge is 2.10. The summed E-state index contributed by atoms with van der Waals surface area (Å²) in [6.07, 6.45) is 0. The van der Waals surface area contributed by atoms with Crippen LogP contribution >= 0.6 is 0 Å². The summed E-state index contributed by atoms with van der Waals surface area (Å²) < 4.78 is 10.3. The smallest absolute Gasteiger partial charge is 0.255 e. The highest BCUT2D eigenvalue weighted by Crippen LogP contribution is 2.23. The van der Waals surface area contributed by atoms with E-state index in [0.29, 0.717) is 28.4 Å². The summed E-state index contributed by atoms with van der Waals surface area (Å²) in [4.78, 5) is 12.2. The van der Waals surface area contributed by atoms with Crippen LogP contribution < -0.4 is 20.5 Å². The van der Waals surface area contributed by atoms with Gasteiger partial charge in [-0.25, -0.2) is 0 Å². The van der Waals surface area contributed by atoms with Crippen LogP contribution in [0.4, 0.5) is 11.4 Å². The Morgan fingerprint density at radius 1 is 1.05 bits per heavy atom. The van der Waals surface area contributed by atoms with Crippen LogP contribution in [-0.4, -0.2) is 20.1 Å². The van der Waals surface area contributed by atoms with Gasteiger partial charge in [0.05, 0.1) is 14.2 Å². The lowest BCUT2D eigenvalue weighted by Gasteiger charge is -2.09. The first-order valence-electron chi connectivity index (χ1n) is 6.02. The van der Waals surface area contributed by atoms with Crippen molar-refractivity contribution in [2.45, 2.75) is 0 Å². The van der Waals surface area contributed by atoms with Crippen LogP contribution in [0.3, 0.4) is 0 Å². The van der Waals surface area contributed by atoms with Crippen LogP contribution in [0.25, 0.3) is 0 Å². The minimum atomic E-state index is -0.257. The summed E-state index contributed by atoms with van der Waals surface area (Å²) in [6, 6.07) is 12.0. The highest BCUT2D eigenvalue weighted by atomic mass is 16.5. The molecule has 104 valence electrons. The maximum atomic E-state index is 12.2. The largest absolute Gasteiger partial charge is 0.497 e. The maximum Gasteiger partial charge on any atom is 0.255 e. The summed E-state index contributed by atoms with van der Waals surface area (Å²) in [5.74, 6) is 0.858. The molecule has 0 unspecified atom stereocenters. The van der Waals surface area contributed by atoms with Crippen LogP contribution in [0.5, 0.6) is 11.5 Å². The molecule has 0 aromatic heterocycles. The second kappa shape index (κ2) is 5.97. The first-order chi connectivity index (χ1) is 9.62. The van der Waals surface area contributed by atoms with E-state index in [1.54, 1.807) is 42.5 Å². The zero-order chi connectivity index (χ0) is 14.5. The Hall–Kier alpha value is -2.69. The Balaban J connectivity index is 2.24. The molecule has 0 saturated carbocycles. The predicted molar refractivity (Wildman–Crippen MR) is 78.4 cm³/mol. The second-order valence-electron chi connectivity index (χ2n) is 4.18. The number of nitrogens with two attached hydrogens (primary N) is 1. The van der Waals surface area contributed by atoms with Gasteiger partial charge in [-0.1, -0.05) is 6.07 Å². The molecular weight excluding hydrogens is 256 g/mol. The number of rotatable bonds is 4. The Morgan fingerprint density at radius 3 is 2.25 bits per heavy atom. The first-order valence-corrected chi connectivity index (χ1v) is 6.02. The van der Waals surface area contributed by atoms with Crippen LogP contribution in [0.1, 0.15) is 10.4 Å². The zero-order valence-electron chi connectivity index (χ0n) is 11.3. The molecule has 0 aliphatic rings. The molecule has 0 saturated heterocycles. The van der Waals surface area contributed by atoms with E-state index in [-0.39, 0.29) is 5.91 Å². The van der Waals surface area contributed by atoms with Gasteiger partial charge in [0.15, 0.2) is 0 Å². The van der Waals surface area contributed by atoms with Gasteiger partial charge in [0, 0.05) is 23.0 Å². The SMILES string of the molecule is COc1cc(OC)cc(C(=O)Nc2cccc(N)c2)c1. The Labute approximate surface area is 117 Å². The van der Waals surface area contributed by atoms with Crippen molar-refractivity contribution >= 4 is 17.3 Å². The van der Waals surface area contributed by atoms with Crippen molar-refractivity contribution < 1.29 is 14.3 Å². The molecule has 0 spiro atoms. The quantitative estimate of drug-likeness (QED) is 0.839. The Morgan fingerprint density at radius 2 is 1.70 bits per heavy atom. The van der Waals surface area contributed by atoms with E-state index in [2.05, 4.69) is 5.32 Å². The molecule has 0 aliphatic heterocycles. The van der Waals surface area contributed by atoms with Crippen molar-refractivity contribution in [2.75, 3.05) is 25.3 Å². The molecule has 0 fully saturated rings. The molecule has 0 bridgehead atoms. The molecule has 3 N–H and O–H groups in total. The minimum absolute atomic E-state index is 0.257. The van der Waals surface area contributed by atoms with Crippen molar-refractivity contribution in [3.8, 4) is 11.5 Å². The lowest BCUT2D eigenvalue weighted by molar-refractivity contribution is 0.102. The van der Waals surface area contributed by atoms with Crippen LogP contribution in [-0.2, 0) is 0 Å². The fourth-order valence-corrected chi connectivity index (χ4v) is 1.76. The fraction of sp³-hybridized carbons (Fsp3) is 0.133. The van der Waals surface area contributed by atoms with E-state index in [4.69, 9.17) is 15.2 Å². The summed E-state index contributed by atoms with van der Waals surface area (Å²) in [6.45, 7) is 0. The molecule has 0 radical (unpaired) electrons. The molecule has 2 aromatic carbocycles. The topological polar surface area (TPSA) is 73.6 Å². The van der Waals surface area contributed by atoms with Gasteiger partial charge >= 0.3 is 0 Å². The number of anilines is 2. The number of carbonyl (C=O) groups excluding carboxylic acids is 1. The van der Waals surface area contributed by atoms with E-state index < -0.39 is 0 Å². The Bertz CT molecular complexity index is 604. The number of ether oxygens (including phenoxy) is 2. The molecule has 1 amide bonds. The van der Waals surface area contributed by atoms with Crippen LogP contribution in [0.15, 0.2) is 42.5 Å². The monoisotopic (exact) mass is 272 g/mol. The van der Waals surface area contributed by atoms with Crippen molar-refractivity contribution in [1.82, 2.24) is 0 Å². The molecular formula is C15H16N2O3. The summed E-state index contributed by atoms with van der Waals surface area (Å²) in [7, 11) is 3.07. The van der Waals surface area contributed by atoms with Gasteiger partial charge < -0.3 is 20.5 Å². The van der Waals surface area contributed by atoms with Crippen molar-refractivity contribution in [2.24, 2.45) is 0 Å². The second-order valence-corrected chi connectivity index (χ2v) is 4.18. The third-order valence-electron chi connectivity index (χ3n) is 2.76. The minimum Gasteiger partial charge on any atom is -0.497 e. The van der Waals surface area contributed by atoms with E-state index in [1.165, 1.54) is 14.2 Å². The first kappa shape index (κ1) is 13.7. The lowest BCUT2D eigenvalue weighted by Crippen LogP contribution is -2.12. The number of benzene rings is 2. The lowest BCUT2D eigenvalue weighted by atomic mass is 10.1. The molecule has 20 heavy (non-hydrogen) atoms. The molecule has 2 aromatic rings. The number of carbonyl (C=O) groups is 1. The highest BCUT2D eigenvalue weighted by molar-refractivity contribution is 6.05. The number of nitrogens with one attached hydrogen (secondary N) is 1. The molecule has 2 rings (SSSR count). The van der Waals surface area contributed by atoms with Gasteiger partial charge in [0.2, 0.25) is 0 Å². The summed E-state index contributed by atoms with van der Waals surface area (Å²) in [5.41, 5.74) is 7.35. The normalized spacial score (nSPS) is 9.90. The molecule has 0 aliphatic carbocycles. The molecule has 0 atom stereocenters. The van der Waals surface area contributed by atoms with Crippen LogP contribution in [0, 0.1) is 0 Å². The van der Waals surface area contributed by atoms with E-state index in [1.807, 2.05) is 0 Å². The van der Waals surface area contributed by atoms with E-state index in [0.717, 1.165) is 0 Å². The third kappa shape index (κ3) is 3.20. The van der Waals surface area contributed by atoms with Gasteiger partial charge in [-0.05, 0) is 30.3 Å². The Kier molecular flexibility index (Phi) is 4.10. The van der Waals surface area contributed by atoms with Gasteiger partial charge in [0.1, 0.15) is 11.5 Å². The van der Waals surface area contributed by atoms with Crippen LogP contribution in [0.2, 0.25) is 0 Å². The van der Waals surface area contributed by atoms with E-state index >= 15 is 0 Å². The van der Waals surface area contributed by atoms with Crippen molar-refractivity contribution in [3.05, 3.63) is 48.0 Å². The molecule has 5 nitrogen and oxygen atoms in total. The standard InChI is InChI=1S/C15H16N2O3/c1-19-13-6-10(7-14(9-13)20-2)15(18)17-12-5-3-4-11(16)8-12/h3-9H,16H2,1-2H3,(H,17,18). The number of nitrogen functional groups attached to an aromatic ring is 1. The van der Waals surface area contributed by atoms with Crippen molar-refractivity contribution in [1.29, 1.82) is 0 Å². The fourth-order valence-electron chi connectivity index (χ4n) is 1.76. The number of hydrogen-bond acceptors (Lipinski definition) is 4. The number of hydrogen-bond donors (Lipinski definition) is 2. The van der Waals surface area contributed by atoms with Gasteiger partial charge in [-0.3, -0.25) is 4.79 Å². The average Bonchev–Trinajstić information content (AvgIpc) is 2.46. The van der Waals surface area contributed by atoms with Crippen molar-refractivity contribution in [3.63, 3.8) is 0 Å². The van der Waals surface area contributed by atoms with Gasteiger partial charge in [-0.2, -0.15) is 0 Å².